The lowest BCUT2D eigenvalue weighted by Gasteiger charge is -2.08. The maximum Gasteiger partial charge on any atom is 0.314 e. The van der Waals surface area contributed by atoms with Crippen molar-refractivity contribution in [3.8, 4) is 23.0 Å². The Kier molecular flexibility index (Phi) is 3.35. The molecule has 0 N–H and O–H groups in total. The molecular weight excluding hydrogens is 274 g/mol. The summed E-state index contributed by atoms with van der Waals surface area (Å²) >= 11 is 0. The minimum atomic E-state index is -0.498. The van der Waals surface area contributed by atoms with Crippen LogP contribution in [-0.2, 0) is 6.42 Å². The summed E-state index contributed by atoms with van der Waals surface area (Å²) in [5.74, 6) is 2.08. The second-order valence-corrected chi connectivity index (χ2v) is 4.56. The average molecular weight is 287 g/mol. The quantitative estimate of drug-likeness (QED) is 0.637. The molecule has 108 valence electrons. The molecule has 1 aliphatic heterocycles. The zero-order chi connectivity index (χ0) is 14.8. The van der Waals surface area contributed by atoms with Crippen LogP contribution in [0.25, 0.3) is 0 Å². The molecule has 6 heteroatoms. The minimum Gasteiger partial charge on any atom is -0.493 e. The monoisotopic (exact) mass is 287 g/mol. The van der Waals surface area contributed by atoms with Gasteiger partial charge in [0.25, 0.3) is 0 Å². The number of nitro benzene ring substituents is 1. The van der Waals surface area contributed by atoms with Crippen molar-refractivity contribution in [1.82, 2.24) is 0 Å². The van der Waals surface area contributed by atoms with Crippen molar-refractivity contribution in [3.05, 3.63) is 52.1 Å². The van der Waals surface area contributed by atoms with E-state index in [1.54, 1.807) is 12.1 Å². The van der Waals surface area contributed by atoms with E-state index in [1.807, 2.05) is 12.1 Å². The van der Waals surface area contributed by atoms with Crippen molar-refractivity contribution in [2.75, 3.05) is 13.7 Å². The van der Waals surface area contributed by atoms with Crippen LogP contribution in [-0.4, -0.2) is 18.6 Å². The van der Waals surface area contributed by atoms with Crippen molar-refractivity contribution in [2.24, 2.45) is 0 Å². The number of fused-ring (bicyclic) bond motifs is 1. The first-order valence-electron chi connectivity index (χ1n) is 6.43. The lowest BCUT2D eigenvalue weighted by molar-refractivity contribution is -0.385. The maximum absolute atomic E-state index is 11.0. The molecular formula is C15H13NO5. The van der Waals surface area contributed by atoms with Crippen molar-refractivity contribution in [3.63, 3.8) is 0 Å². The normalized spacial score (nSPS) is 12.4. The highest BCUT2D eigenvalue weighted by molar-refractivity contribution is 5.52. The van der Waals surface area contributed by atoms with Gasteiger partial charge in [-0.15, -0.1) is 0 Å². The third-order valence-corrected chi connectivity index (χ3v) is 3.24. The maximum atomic E-state index is 11.0. The van der Waals surface area contributed by atoms with Crippen LogP contribution < -0.4 is 14.2 Å². The van der Waals surface area contributed by atoms with Gasteiger partial charge >= 0.3 is 5.69 Å². The van der Waals surface area contributed by atoms with Gasteiger partial charge in [-0.1, -0.05) is 0 Å². The van der Waals surface area contributed by atoms with Gasteiger partial charge < -0.3 is 14.2 Å². The average Bonchev–Trinajstić information content (AvgIpc) is 2.94. The number of methoxy groups -OCH3 is 1. The van der Waals surface area contributed by atoms with Gasteiger partial charge in [-0.2, -0.15) is 0 Å². The van der Waals surface area contributed by atoms with E-state index >= 15 is 0 Å². The molecule has 0 bridgehead atoms. The van der Waals surface area contributed by atoms with Crippen LogP contribution in [0.2, 0.25) is 0 Å². The Labute approximate surface area is 121 Å². The van der Waals surface area contributed by atoms with Crippen LogP contribution in [0.5, 0.6) is 23.0 Å². The standard InChI is InChI=1S/C15H13NO5/c1-19-15-5-3-12(9-13(15)16(17)18)21-11-2-4-14-10(8-11)6-7-20-14/h2-5,8-9H,6-7H2,1H3. The van der Waals surface area contributed by atoms with E-state index in [1.165, 1.54) is 19.2 Å². The Bertz CT molecular complexity index is 698. The Morgan fingerprint density at radius 1 is 1.19 bits per heavy atom. The third-order valence-electron chi connectivity index (χ3n) is 3.24. The molecule has 0 aromatic heterocycles. The van der Waals surface area contributed by atoms with Crippen molar-refractivity contribution in [2.45, 2.75) is 6.42 Å². The molecule has 3 rings (SSSR count). The number of benzene rings is 2. The molecule has 0 unspecified atom stereocenters. The Hall–Kier alpha value is -2.76. The van der Waals surface area contributed by atoms with E-state index in [0.717, 1.165) is 17.7 Å². The molecule has 0 aliphatic carbocycles. The molecule has 0 fully saturated rings. The van der Waals surface area contributed by atoms with Crippen LogP contribution in [0.3, 0.4) is 0 Å². The molecule has 6 nitrogen and oxygen atoms in total. The molecule has 2 aromatic rings. The first-order valence-corrected chi connectivity index (χ1v) is 6.43. The van der Waals surface area contributed by atoms with Crippen LogP contribution in [0.15, 0.2) is 36.4 Å². The molecule has 1 heterocycles. The van der Waals surface area contributed by atoms with Crippen molar-refractivity contribution >= 4 is 5.69 Å². The van der Waals surface area contributed by atoms with E-state index in [0.29, 0.717) is 18.1 Å². The van der Waals surface area contributed by atoms with Gasteiger partial charge in [0, 0.05) is 12.0 Å². The molecule has 0 amide bonds. The summed E-state index contributed by atoms with van der Waals surface area (Å²) < 4.78 is 16.1. The SMILES string of the molecule is COc1ccc(Oc2ccc3c(c2)CCO3)cc1[N+](=O)[O-]. The predicted octanol–water partition coefficient (Wildman–Crippen LogP) is 3.33. The highest BCUT2D eigenvalue weighted by Crippen LogP contribution is 2.35. The fraction of sp³-hybridized carbons (Fsp3) is 0.200. The van der Waals surface area contributed by atoms with Crippen LogP contribution in [0.4, 0.5) is 5.69 Å². The van der Waals surface area contributed by atoms with Crippen LogP contribution in [0, 0.1) is 10.1 Å². The molecule has 2 aromatic carbocycles. The number of nitro groups is 1. The van der Waals surface area contributed by atoms with Gasteiger partial charge in [0.05, 0.1) is 24.7 Å². The molecule has 0 saturated carbocycles. The fourth-order valence-electron chi connectivity index (χ4n) is 2.24. The molecule has 1 aliphatic rings. The second kappa shape index (κ2) is 5.32. The summed E-state index contributed by atoms with van der Waals surface area (Å²) in [7, 11) is 1.39. The van der Waals surface area contributed by atoms with E-state index in [9.17, 15) is 10.1 Å². The number of nitrogens with zero attached hydrogens (tertiary/aromatic N) is 1. The lowest BCUT2D eigenvalue weighted by atomic mass is 10.1. The molecule has 0 saturated heterocycles. The number of rotatable bonds is 4. The van der Waals surface area contributed by atoms with Crippen LogP contribution >= 0.6 is 0 Å². The highest BCUT2D eigenvalue weighted by Gasteiger charge is 2.17. The summed E-state index contributed by atoms with van der Waals surface area (Å²) in [6.07, 6.45) is 0.843. The van der Waals surface area contributed by atoms with Crippen molar-refractivity contribution < 1.29 is 19.1 Å². The Morgan fingerprint density at radius 2 is 1.95 bits per heavy atom. The summed E-state index contributed by atoms with van der Waals surface area (Å²) in [5, 5.41) is 11.0. The zero-order valence-corrected chi connectivity index (χ0v) is 11.4. The summed E-state index contributed by atoms with van der Waals surface area (Å²) in [4.78, 5) is 10.5. The Balaban J connectivity index is 1.88. The summed E-state index contributed by atoms with van der Waals surface area (Å²) in [6, 6.07) is 10.0. The molecule has 0 radical (unpaired) electrons. The second-order valence-electron chi connectivity index (χ2n) is 4.56. The Morgan fingerprint density at radius 3 is 2.71 bits per heavy atom. The molecule has 0 spiro atoms. The number of hydrogen-bond acceptors (Lipinski definition) is 5. The fourth-order valence-corrected chi connectivity index (χ4v) is 2.24. The van der Waals surface area contributed by atoms with Gasteiger partial charge in [0.2, 0.25) is 0 Å². The zero-order valence-electron chi connectivity index (χ0n) is 11.4. The van der Waals surface area contributed by atoms with E-state index in [2.05, 4.69) is 0 Å². The molecule has 21 heavy (non-hydrogen) atoms. The third kappa shape index (κ3) is 2.60. The largest absolute Gasteiger partial charge is 0.493 e. The van der Waals surface area contributed by atoms with Crippen molar-refractivity contribution in [1.29, 1.82) is 0 Å². The topological polar surface area (TPSA) is 70.8 Å². The number of ether oxygens (including phenoxy) is 3. The molecule has 0 atom stereocenters. The first kappa shape index (κ1) is 13.2. The number of hydrogen-bond donors (Lipinski definition) is 0. The van der Waals surface area contributed by atoms with Gasteiger partial charge in [0.1, 0.15) is 17.2 Å². The van der Waals surface area contributed by atoms with E-state index in [4.69, 9.17) is 14.2 Å². The first-order chi connectivity index (χ1) is 10.2. The smallest absolute Gasteiger partial charge is 0.314 e. The summed E-state index contributed by atoms with van der Waals surface area (Å²) in [6.45, 7) is 0.673. The van der Waals surface area contributed by atoms with Gasteiger partial charge in [0.15, 0.2) is 5.75 Å². The van der Waals surface area contributed by atoms with Gasteiger partial charge in [-0.3, -0.25) is 10.1 Å². The van der Waals surface area contributed by atoms with Gasteiger partial charge in [-0.25, -0.2) is 0 Å². The minimum absolute atomic E-state index is 0.125. The summed E-state index contributed by atoms with van der Waals surface area (Å²) in [5.41, 5.74) is 0.954. The van der Waals surface area contributed by atoms with E-state index < -0.39 is 4.92 Å². The highest BCUT2D eigenvalue weighted by atomic mass is 16.6. The van der Waals surface area contributed by atoms with Crippen LogP contribution in [0.1, 0.15) is 5.56 Å². The van der Waals surface area contributed by atoms with Gasteiger partial charge in [-0.05, 0) is 30.3 Å². The lowest BCUT2D eigenvalue weighted by Crippen LogP contribution is -1.94. The van der Waals surface area contributed by atoms with E-state index in [-0.39, 0.29) is 11.4 Å². The predicted molar refractivity (Wildman–Crippen MR) is 75.4 cm³/mol.